The summed E-state index contributed by atoms with van der Waals surface area (Å²) in [6.45, 7) is -0.0547. The second-order valence-electron chi connectivity index (χ2n) is 2.86. The molecule has 0 aromatic rings. The van der Waals surface area contributed by atoms with E-state index in [0.717, 1.165) is 0 Å². The lowest BCUT2D eigenvalue weighted by Gasteiger charge is -2.12. The molecule has 66 valence electrons. The van der Waals surface area contributed by atoms with E-state index in [4.69, 9.17) is 5.11 Å². The normalized spacial score (nSPS) is 21.6. The van der Waals surface area contributed by atoms with E-state index in [1.807, 2.05) is 0 Å². The highest BCUT2D eigenvalue weighted by Gasteiger charge is 2.53. The van der Waals surface area contributed by atoms with Crippen LogP contribution in [0.3, 0.4) is 0 Å². The van der Waals surface area contributed by atoms with Gasteiger partial charge in [-0.15, -0.1) is 0 Å². The summed E-state index contributed by atoms with van der Waals surface area (Å²) in [5.41, 5.74) is 0. The first-order valence-electron chi connectivity index (χ1n) is 3.62. The fourth-order valence-corrected chi connectivity index (χ4v) is 2.65. The van der Waals surface area contributed by atoms with Gasteiger partial charge >= 0.3 is 0 Å². The first-order chi connectivity index (χ1) is 5.08. The topological polar surface area (TPSA) is 66.4 Å². The van der Waals surface area contributed by atoms with Gasteiger partial charge in [-0.1, -0.05) is 0 Å². The van der Waals surface area contributed by atoms with E-state index >= 15 is 0 Å². The highest BCUT2D eigenvalue weighted by molar-refractivity contribution is 7.91. The minimum absolute atomic E-state index is 0.0547. The van der Waals surface area contributed by atoms with Gasteiger partial charge in [-0.05, 0) is 26.3 Å². The zero-order valence-corrected chi connectivity index (χ0v) is 7.32. The van der Waals surface area contributed by atoms with Crippen LogP contribution in [0.5, 0.6) is 0 Å². The number of rotatable bonds is 4. The maximum atomic E-state index is 11.3. The Kier molecular flexibility index (Phi) is 2.22. The van der Waals surface area contributed by atoms with Gasteiger partial charge < -0.3 is 5.11 Å². The Morgan fingerprint density at radius 2 is 2.09 bits per heavy atom. The van der Waals surface area contributed by atoms with Crippen molar-refractivity contribution in [1.29, 1.82) is 0 Å². The van der Waals surface area contributed by atoms with Crippen molar-refractivity contribution in [3.05, 3.63) is 0 Å². The Morgan fingerprint density at radius 1 is 1.55 bits per heavy atom. The molecule has 4 nitrogen and oxygen atoms in total. The van der Waals surface area contributed by atoms with E-state index in [1.165, 1.54) is 7.05 Å². The fourth-order valence-electron chi connectivity index (χ4n) is 1.21. The third-order valence-corrected chi connectivity index (χ3v) is 4.50. The summed E-state index contributed by atoms with van der Waals surface area (Å²) in [7, 11) is -1.75. The minimum Gasteiger partial charge on any atom is -0.396 e. The second-order valence-corrected chi connectivity index (χ2v) is 5.15. The smallest absolute Gasteiger partial charge is 0.217 e. The molecule has 0 saturated heterocycles. The monoisotopic (exact) mass is 179 g/mol. The lowest BCUT2D eigenvalue weighted by molar-refractivity contribution is 0.282. The molecule has 0 amide bonds. The molecule has 0 spiro atoms. The van der Waals surface area contributed by atoms with Crippen molar-refractivity contribution in [2.75, 3.05) is 13.7 Å². The number of hydrogen-bond donors (Lipinski definition) is 2. The van der Waals surface area contributed by atoms with Crippen LogP contribution < -0.4 is 4.72 Å². The number of aliphatic hydroxyl groups excluding tert-OH is 1. The van der Waals surface area contributed by atoms with Crippen LogP contribution in [-0.4, -0.2) is 31.9 Å². The Bertz CT molecular complexity index is 230. The molecular formula is C6H13NO3S. The van der Waals surface area contributed by atoms with Crippen molar-refractivity contribution in [3.63, 3.8) is 0 Å². The summed E-state index contributed by atoms with van der Waals surface area (Å²) >= 11 is 0. The van der Waals surface area contributed by atoms with Crippen LogP contribution in [0, 0.1) is 0 Å². The second kappa shape index (κ2) is 2.73. The molecule has 2 N–H and O–H groups in total. The molecule has 1 aliphatic rings. The Balaban J connectivity index is 2.73. The summed E-state index contributed by atoms with van der Waals surface area (Å²) in [6, 6.07) is 0. The summed E-state index contributed by atoms with van der Waals surface area (Å²) < 4.78 is 24.2. The third kappa shape index (κ3) is 1.40. The molecular weight excluding hydrogens is 166 g/mol. The molecule has 0 heterocycles. The summed E-state index contributed by atoms with van der Waals surface area (Å²) in [4.78, 5) is 0. The molecule has 1 saturated carbocycles. The van der Waals surface area contributed by atoms with Gasteiger partial charge in [0.2, 0.25) is 10.0 Å². The average Bonchev–Trinajstić information content (AvgIpc) is 2.70. The molecule has 1 rings (SSSR count). The number of nitrogens with one attached hydrogen (secondary N) is 1. The van der Waals surface area contributed by atoms with E-state index in [9.17, 15) is 8.42 Å². The Labute approximate surface area is 66.7 Å². The van der Waals surface area contributed by atoms with E-state index in [1.54, 1.807) is 0 Å². The molecule has 0 aliphatic heterocycles. The van der Waals surface area contributed by atoms with Crippen molar-refractivity contribution in [2.45, 2.75) is 24.0 Å². The van der Waals surface area contributed by atoms with Crippen LogP contribution >= 0.6 is 0 Å². The predicted octanol–water partition coefficient (Wildman–Crippen LogP) is -0.549. The molecule has 0 bridgehead atoms. The van der Waals surface area contributed by atoms with Crippen LogP contribution in [0.4, 0.5) is 0 Å². The van der Waals surface area contributed by atoms with E-state index in [0.29, 0.717) is 19.3 Å². The molecule has 11 heavy (non-hydrogen) atoms. The lowest BCUT2D eigenvalue weighted by Crippen LogP contribution is -2.34. The highest BCUT2D eigenvalue weighted by atomic mass is 32.2. The first kappa shape index (κ1) is 8.96. The molecule has 0 aromatic heterocycles. The standard InChI is InChI=1S/C6H13NO3S/c1-7-11(9,10)6(2-3-6)4-5-8/h7-8H,2-5H2,1H3. The minimum atomic E-state index is -3.16. The van der Waals surface area contributed by atoms with Gasteiger partial charge in [0.1, 0.15) is 0 Å². The van der Waals surface area contributed by atoms with Crippen LogP contribution in [-0.2, 0) is 10.0 Å². The Hall–Kier alpha value is -0.130. The average molecular weight is 179 g/mol. The molecule has 0 atom stereocenters. The molecule has 1 aliphatic carbocycles. The van der Waals surface area contributed by atoms with Crippen LogP contribution in [0.25, 0.3) is 0 Å². The van der Waals surface area contributed by atoms with Gasteiger partial charge in [-0.25, -0.2) is 13.1 Å². The number of hydrogen-bond acceptors (Lipinski definition) is 3. The molecule has 5 heteroatoms. The van der Waals surface area contributed by atoms with Crippen LogP contribution in [0.15, 0.2) is 0 Å². The third-order valence-electron chi connectivity index (χ3n) is 2.21. The number of sulfonamides is 1. The lowest BCUT2D eigenvalue weighted by atomic mass is 10.3. The van der Waals surface area contributed by atoms with Crippen LogP contribution in [0.1, 0.15) is 19.3 Å². The van der Waals surface area contributed by atoms with E-state index < -0.39 is 14.8 Å². The van der Waals surface area contributed by atoms with E-state index in [-0.39, 0.29) is 6.61 Å². The number of aliphatic hydroxyl groups is 1. The molecule has 0 aromatic carbocycles. The van der Waals surface area contributed by atoms with Gasteiger partial charge in [-0.3, -0.25) is 0 Å². The van der Waals surface area contributed by atoms with Crippen molar-refractivity contribution in [1.82, 2.24) is 4.72 Å². The highest BCUT2D eigenvalue weighted by Crippen LogP contribution is 2.45. The van der Waals surface area contributed by atoms with Crippen molar-refractivity contribution >= 4 is 10.0 Å². The van der Waals surface area contributed by atoms with Crippen molar-refractivity contribution in [2.24, 2.45) is 0 Å². The van der Waals surface area contributed by atoms with Gasteiger partial charge in [0.15, 0.2) is 0 Å². The molecule has 0 unspecified atom stereocenters. The van der Waals surface area contributed by atoms with Gasteiger partial charge in [0, 0.05) is 6.61 Å². The maximum absolute atomic E-state index is 11.3. The SMILES string of the molecule is CNS(=O)(=O)C1(CCO)CC1. The van der Waals surface area contributed by atoms with Crippen molar-refractivity contribution in [3.8, 4) is 0 Å². The van der Waals surface area contributed by atoms with Gasteiger partial charge in [-0.2, -0.15) is 0 Å². The summed E-state index contributed by atoms with van der Waals surface area (Å²) in [5.74, 6) is 0. The zero-order chi connectivity index (χ0) is 8.54. The Morgan fingerprint density at radius 3 is 2.36 bits per heavy atom. The quantitative estimate of drug-likeness (QED) is 0.608. The maximum Gasteiger partial charge on any atom is 0.217 e. The van der Waals surface area contributed by atoms with E-state index in [2.05, 4.69) is 4.72 Å². The van der Waals surface area contributed by atoms with Gasteiger partial charge in [0.05, 0.1) is 4.75 Å². The largest absolute Gasteiger partial charge is 0.396 e. The van der Waals surface area contributed by atoms with Crippen LogP contribution in [0.2, 0.25) is 0 Å². The fraction of sp³-hybridized carbons (Fsp3) is 1.00. The summed E-state index contributed by atoms with van der Waals surface area (Å²) in [6.07, 6.45) is 1.71. The van der Waals surface area contributed by atoms with Crippen molar-refractivity contribution < 1.29 is 13.5 Å². The molecule has 1 fully saturated rings. The molecule has 0 radical (unpaired) electrons. The van der Waals surface area contributed by atoms with Gasteiger partial charge in [0.25, 0.3) is 0 Å². The summed E-state index contributed by atoms with van der Waals surface area (Å²) in [5, 5.41) is 8.61. The predicted molar refractivity (Wildman–Crippen MR) is 41.6 cm³/mol. The first-order valence-corrected chi connectivity index (χ1v) is 5.10. The zero-order valence-electron chi connectivity index (χ0n) is 6.50.